The molecule has 0 aliphatic rings. The molecule has 0 spiro atoms. The highest BCUT2D eigenvalue weighted by molar-refractivity contribution is 5.66. The van der Waals surface area contributed by atoms with E-state index < -0.39 is 12.1 Å². The van der Waals surface area contributed by atoms with E-state index in [-0.39, 0.29) is 13.2 Å². The van der Waals surface area contributed by atoms with E-state index >= 15 is 0 Å². The minimum Gasteiger partial charge on any atom is -0.481 e. The Hall–Kier alpha value is -0.650. The second-order valence-electron chi connectivity index (χ2n) is 5.18. The van der Waals surface area contributed by atoms with Crippen molar-refractivity contribution in [2.24, 2.45) is 5.41 Å². The van der Waals surface area contributed by atoms with Crippen molar-refractivity contribution in [1.82, 2.24) is 0 Å². The van der Waals surface area contributed by atoms with Crippen LogP contribution in [0.3, 0.4) is 0 Å². The number of carboxylic acid groups (broad SMARTS) is 1. The first-order valence-electron chi connectivity index (χ1n) is 7.52. The lowest BCUT2D eigenvalue weighted by atomic mass is 9.76. The van der Waals surface area contributed by atoms with Gasteiger partial charge in [0.25, 0.3) is 0 Å². The zero-order valence-electron chi connectivity index (χ0n) is 13.1. The topological polar surface area (TPSA) is 98.0 Å². The summed E-state index contributed by atoms with van der Waals surface area (Å²) in [7, 11) is 0. The Kier molecular flexibility index (Phi) is 14.4. The smallest absolute Gasteiger partial charge is 0.303 e. The van der Waals surface area contributed by atoms with Crippen molar-refractivity contribution < 1.29 is 25.2 Å². The molecule has 0 heterocycles. The van der Waals surface area contributed by atoms with Crippen LogP contribution >= 0.6 is 0 Å². The molecule has 0 fully saturated rings. The lowest BCUT2D eigenvalue weighted by Crippen LogP contribution is -2.17. The van der Waals surface area contributed by atoms with Crippen LogP contribution in [0.2, 0.25) is 0 Å². The first kappa shape index (κ1) is 21.6. The Morgan fingerprint density at radius 2 is 1.45 bits per heavy atom. The molecule has 0 aliphatic carbocycles. The van der Waals surface area contributed by atoms with Crippen LogP contribution in [0.15, 0.2) is 0 Å². The van der Waals surface area contributed by atoms with Gasteiger partial charge in [-0.05, 0) is 18.3 Å². The summed E-state index contributed by atoms with van der Waals surface area (Å²) in [4.78, 5) is 10.3. The Morgan fingerprint density at radius 1 is 1.00 bits per heavy atom. The van der Waals surface area contributed by atoms with Gasteiger partial charge >= 0.3 is 5.97 Å². The number of rotatable bonds is 10. The normalized spacial score (nSPS) is 11.2. The summed E-state index contributed by atoms with van der Waals surface area (Å²) in [6, 6.07) is 0. The maximum absolute atomic E-state index is 10.3. The summed E-state index contributed by atoms with van der Waals surface area (Å²) in [6.07, 6.45) is 6.09. The predicted molar refractivity (Wildman–Crippen MR) is 79.6 cm³/mol. The van der Waals surface area contributed by atoms with Gasteiger partial charge in [-0.15, -0.1) is 0 Å². The number of carbonyl (C=O) groups is 1. The SMILES string of the molecule is CCC(CC)(CC)CCCCC(=O)O.OCC(O)CO. The first-order chi connectivity index (χ1) is 9.41. The van der Waals surface area contributed by atoms with E-state index in [1.165, 1.54) is 25.7 Å². The van der Waals surface area contributed by atoms with Gasteiger partial charge in [0.2, 0.25) is 0 Å². The molecule has 0 radical (unpaired) electrons. The number of aliphatic hydroxyl groups excluding tert-OH is 3. The molecule has 4 N–H and O–H groups in total. The zero-order chi connectivity index (χ0) is 16.0. The summed E-state index contributed by atoms with van der Waals surface area (Å²) < 4.78 is 0. The summed E-state index contributed by atoms with van der Waals surface area (Å²) >= 11 is 0. The van der Waals surface area contributed by atoms with Crippen LogP contribution in [0, 0.1) is 5.41 Å². The van der Waals surface area contributed by atoms with Gasteiger partial charge in [-0.1, -0.05) is 46.5 Å². The maximum Gasteiger partial charge on any atom is 0.303 e. The third kappa shape index (κ3) is 11.2. The van der Waals surface area contributed by atoms with E-state index in [9.17, 15) is 4.79 Å². The monoisotopic (exact) mass is 292 g/mol. The molecular weight excluding hydrogens is 260 g/mol. The van der Waals surface area contributed by atoms with Crippen molar-refractivity contribution >= 4 is 5.97 Å². The molecule has 0 aromatic heterocycles. The lowest BCUT2D eigenvalue weighted by molar-refractivity contribution is -0.137. The number of hydrogen-bond acceptors (Lipinski definition) is 4. The van der Waals surface area contributed by atoms with Gasteiger partial charge in [-0.25, -0.2) is 0 Å². The Balaban J connectivity index is 0. The summed E-state index contributed by atoms with van der Waals surface area (Å²) in [5, 5.41) is 32.5. The first-order valence-corrected chi connectivity index (χ1v) is 7.52. The molecule has 0 amide bonds. The van der Waals surface area contributed by atoms with E-state index in [0.717, 1.165) is 12.8 Å². The molecule has 0 saturated carbocycles. The highest BCUT2D eigenvalue weighted by atomic mass is 16.4. The van der Waals surface area contributed by atoms with Crippen LogP contribution in [0.4, 0.5) is 0 Å². The molecule has 5 heteroatoms. The summed E-state index contributed by atoms with van der Waals surface area (Å²) in [5.74, 6) is -0.667. The number of unbranched alkanes of at least 4 members (excludes halogenated alkanes) is 1. The van der Waals surface area contributed by atoms with E-state index in [2.05, 4.69) is 20.8 Å². The average Bonchev–Trinajstić information content (AvgIpc) is 2.47. The third-order valence-electron chi connectivity index (χ3n) is 4.02. The van der Waals surface area contributed by atoms with Crippen LogP contribution < -0.4 is 0 Å². The van der Waals surface area contributed by atoms with Crippen LogP contribution in [-0.2, 0) is 4.79 Å². The molecule has 0 saturated heterocycles. The molecule has 0 rings (SSSR count). The van der Waals surface area contributed by atoms with E-state index in [1.54, 1.807) is 0 Å². The molecule has 0 bridgehead atoms. The molecule has 0 aliphatic heterocycles. The Morgan fingerprint density at radius 3 is 1.70 bits per heavy atom. The van der Waals surface area contributed by atoms with Crippen molar-refractivity contribution in [1.29, 1.82) is 0 Å². The van der Waals surface area contributed by atoms with Gasteiger partial charge in [-0.2, -0.15) is 0 Å². The van der Waals surface area contributed by atoms with Gasteiger partial charge in [0.05, 0.1) is 13.2 Å². The maximum atomic E-state index is 10.3. The minimum atomic E-state index is -0.954. The fraction of sp³-hybridized carbons (Fsp3) is 0.933. The minimum absolute atomic E-state index is 0.327. The van der Waals surface area contributed by atoms with E-state index in [1.807, 2.05) is 0 Å². The van der Waals surface area contributed by atoms with E-state index in [0.29, 0.717) is 11.8 Å². The van der Waals surface area contributed by atoms with Crippen molar-refractivity contribution in [2.75, 3.05) is 13.2 Å². The Bertz CT molecular complexity index is 214. The van der Waals surface area contributed by atoms with Gasteiger partial charge in [0.1, 0.15) is 6.10 Å². The summed E-state index contributed by atoms with van der Waals surface area (Å²) in [5.41, 5.74) is 0.471. The quantitative estimate of drug-likeness (QED) is 0.463. The predicted octanol–water partition coefficient (Wildman–Crippen LogP) is 2.18. The molecular formula is C15H32O5. The lowest BCUT2D eigenvalue weighted by Gasteiger charge is -2.30. The van der Waals surface area contributed by atoms with Crippen molar-refractivity contribution in [3.8, 4) is 0 Å². The Labute approximate surface area is 122 Å². The van der Waals surface area contributed by atoms with Crippen LogP contribution in [0.5, 0.6) is 0 Å². The van der Waals surface area contributed by atoms with Gasteiger partial charge in [0.15, 0.2) is 0 Å². The number of aliphatic hydroxyl groups is 3. The zero-order valence-corrected chi connectivity index (χ0v) is 13.1. The van der Waals surface area contributed by atoms with Gasteiger partial charge in [-0.3, -0.25) is 4.79 Å². The van der Waals surface area contributed by atoms with Crippen molar-refractivity contribution in [3.05, 3.63) is 0 Å². The number of carboxylic acids is 1. The molecule has 20 heavy (non-hydrogen) atoms. The highest BCUT2D eigenvalue weighted by Crippen LogP contribution is 2.35. The fourth-order valence-corrected chi connectivity index (χ4v) is 2.11. The molecule has 0 aromatic carbocycles. The van der Waals surface area contributed by atoms with Crippen molar-refractivity contribution in [2.45, 2.75) is 71.8 Å². The van der Waals surface area contributed by atoms with Crippen LogP contribution in [-0.4, -0.2) is 45.7 Å². The number of aliphatic carboxylic acids is 1. The van der Waals surface area contributed by atoms with Crippen LogP contribution in [0.1, 0.15) is 65.7 Å². The summed E-state index contributed by atoms with van der Waals surface area (Å²) in [6.45, 7) is 5.99. The van der Waals surface area contributed by atoms with E-state index in [4.69, 9.17) is 20.4 Å². The number of hydrogen-bond donors (Lipinski definition) is 4. The largest absolute Gasteiger partial charge is 0.481 e. The average molecular weight is 292 g/mol. The van der Waals surface area contributed by atoms with Gasteiger partial charge < -0.3 is 20.4 Å². The molecule has 122 valence electrons. The second kappa shape index (κ2) is 13.3. The highest BCUT2D eigenvalue weighted by Gasteiger charge is 2.22. The van der Waals surface area contributed by atoms with Crippen molar-refractivity contribution in [3.63, 3.8) is 0 Å². The molecule has 5 nitrogen and oxygen atoms in total. The molecule has 0 atom stereocenters. The second-order valence-corrected chi connectivity index (χ2v) is 5.18. The standard InChI is InChI=1S/C12H24O2.C3H8O3/c1-4-12(5-2,6-3)10-8-7-9-11(13)14;4-1-3(6)2-5/h4-10H2,1-3H3,(H,13,14);3-6H,1-2H2. The van der Waals surface area contributed by atoms with Crippen LogP contribution in [0.25, 0.3) is 0 Å². The molecule has 0 aromatic rings. The van der Waals surface area contributed by atoms with Gasteiger partial charge in [0, 0.05) is 6.42 Å². The fourth-order valence-electron chi connectivity index (χ4n) is 2.11. The molecule has 0 unspecified atom stereocenters. The third-order valence-corrected chi connectivity index (χ3v) is 4.02.